The molecule has 1 aromatic carbocycles. The Morgan fingerprint density at radius 1 is 1.00 bits per heavy atom. The Hall–Kier alpha value is -1.03. The molecular weight excluding hydrogens is 197 g/mol. The van der Waals surface area contributed by atoms with Crippen LogP contribution >= 0.6 is 11.3 Å². The summed E-state index contributed by atoms with van der Waals surface area (Å²) in [4.78, 5) is 0. The molecule has 0 aliphatic heterocycles. The molecule has 2 aromatic rings. The molecule has 13 heavy (non-hydrogen) atoms. The van der Waals surface area contributed by atoms with E-state index in [-0.39, 0.29) is 0 Å². The second-order valence-electron chi connectivity index (χ2n) is 2.21. The predicted octanol–water partition coefficient (Wildman–Crippen LogP) is 4.08. The quantitative estimate of drug-likeness (QED) is 0.606. The minimum Gasteiger partial charge on any atom is -0.174 e. The molecule has 0 saturated heterocycles. The van der Waals surface area contributed by atoms with Crippen LogP contribution in [0, 0.1) is 0 Å². The number of alkyl halides is 3. The number of halogens is 3. The maximum absolute atomic E-state index is 9.67. The number of hydrogen-bond donors (Lipinski definition) is 0. The third-order valence-corrected chi connectivity index (χ3v) is 2.26. The number of rotatable bonds is 0. The SMILES string of the molecule is FC(F)F.c1ccc2sccc2c1. The van der Waals surface area contributed by atoms with Crippen LogP contribution in [0.1, 0.15) is 0 Å². The molecule has 0 N–H and O–H groups in total. The number of thiophene rings is 1. The fourth-order valence-corrected chi connectivity index (χ4v) is 1.70. The predicted molar refractivity (Wildman–Crippen MR) is 48.9 cm³/mol. The highest BCUT2D eigenvalue weighted by Gasteiger charge is 1.88. The highest BCUT2D eigenvalue weighted by molar-refractivity contribution is 7.17. The van der Waals surface area contributed by atoms with Gasteiger partial charge in [0.2, 0.25) is 0 Å². The van der Waals surface area contributed by atoms with Crippen molar-refractivity contribution in [3.05, 3.63) is 35.7 Å². The van der Waals surface area contributed by atoms with Crippen LogP contribution in [0.2, 0.25) is 0 Å². The molecule has 1 heterocycles. The molecule has 2 rings (SSSR count). The van der Waals surface area contributed by atoms with Gasteiger partial charge in [-0.15, -0.1) is 11.3 Å². The molecule has 70 valence electrons. The van der Waals surface area contributed by atoms with E-state index >= 15 is 0 Å². The zero-order chi connectivity index (χ0) is 9.68. The third-order valence-electron chi connectivity index (χ3n) is 1.36. The third kappa shape index (κ3) is 3.46. The monoisotopic (exact) mass is 204 g/mol. The molecular formula is C9H7F3S. The molecule has 0 aliphatic carbocycles. The largest absolute Gasteiger partial charge is 0.379 e. The molecule has 0 bridgehead atoms. The van der Waals surface area contributed by atoms with E-state index in [1.165, 1.54) is 10.1 Å². The van der Waals surface area contributed by atoms with Gasteiger partial charge in [0.1, 0.15) is 0 Å². The smallest absolute Gasteiger partial charge is 0.174 e. The van der Waals surface area contributed by atoms with Crippen LogP contribution in [0.25, 0.3) is 10.1 Å². The zero-order valence-corrected chi connectivity index (χ0v) is 7.40. The average molecular weight is 204 g/mol. The van der Waals surface area contributed by atoms with Crippen LogP contribution in [-0.4, -0.2) is 6.68 Å². The van der Waals surface area contributed by atoms with Gasteiger partial charge in [-0.3, -0.25) is 0 Å². The summed E-state index contributed by atoms with van der Waals surface area (Å²) in [6.07, 6.45) is 0. The Kier molecular flexibility index (Phi) is 3.76. The van der Waals surface area contributed by atoms with E-state index in [9.17, 15) is 13.2 Å². The molecule has 0 nitrogen and oxygen atoms in total. The molecule has 1 aromatic heterocycles. The molecule has 0 fully saturated rings. The first-order valence-electron chi connectivity index (χ1n) is 3.54. The minimum absolute atomic E-state index is 1.35. The molecule has 0 spiro atoms. The van der Waals surface area contributed by atoms with Crippen molar-refractivity contribution in [2.75, 3.05) is 0 Å². The van der Waals surface area contributed by atoms with E-state index in [1.807, 2.05) is 0 Å². The maximum Gasteiger partial charge on any atom is 0.379 e. The maximum atomic E-state index is 9.67. The Morgan fingerprint density at radius 2 is 1.62 bits per heavy atom. The number of hydrogen-bond acceptors (Lipinski definition) is 1. The summed E-state index contributed by atoms with van der Waals surface area (Å²) in [5.41, 5.74) is 0. The van der Waals surface area contributed by atoms with Crippen molar-refractivity contribution in [3.8, 4) is 0 Å². The van der Waals surface area contributed by atoms with Crippen LogP contribution in [0.15, 0.2) is 35.7 Å². The molecule has 0 amide bonds. The molecule has 0 atom stereocenters. The first-order chi connectivity index (χ1) is 6.20. The van der Waals surface area contributed by atoms with Crippen molar-refractivity contribution in [2.45, 2.75) is 6.68 Å². The number of fused-ring (bicyclic) bond motifs is 1. The molecule has 0 saturated carbocycles. The second-order valence-corrected chi connectivity index (χ2v) is 3.15. The van der Waals surface area contributed by atoms with Crippen molar-refractivity contribution in [2.24, 2.45) is 0 Å². The van der Waals surface area contributed by atoms with E-state index in [2.05, 4.69) is 35.7 Å². The molecule has 4 heteroatoms. The lowest BCUT2D eigenvalue weighted by Gasteiger charge is -1.82. The second kappa shape index (κ2) is 4.87. The first-order valence-corrected chi connectivity index (χ1v) is 4.42. The highest BCUT2D eigenvalue weighted by atomic mass is 32.1. The summed E-state index contributed by atoms with van der Waals surface area (Å²) in [5, 5.41) is 3.47. The Bertz CT molecular complexity index is 323. The minimum atomic E-state index is -3.67. The van der Waals surface area contributed by atoms with Gasteiger partial charge in [0, 0.05) is 4.70 Å². The van der Waals surface area contributed by atoms with E-state index in [1.54, 1.807) is 11.3 Å². The zero-order valence-electron chi connectivity index (χ0n) is 6.58. The van der Waals surface area contributed by atoms with Gasteiger partial charge in [-0.05, 0) is 22.9 Å². The topological polar surface area (TPSA) is 0 Å². The van der Waals surface area contributed by atoms with Crippen molar-refractivity contribution in [1.29, 1.82) is 0 Å². The van der Waals surface area contributed by atoms with E-state index < -0.39 is 6.68 Å². The fraction of sp³-hybridized carbons (Fsp3) is 0.111. The van der Waals surface area contributed by atoms with Gasteiger partial charge in [-0.2, -0.15) is 13.2 Å². The summed E-state index contributed by atoms with van der Waals surface area (Å²) < 4.78 is 30.4. The Labute approximate surface area is 77.6 Å². The van der Waals surface area contributed by atoms with Crippen LogP contribution in [0.3, 0.4) is 0 Å². The van der Waals surface area contributed by atoms with E-state index in [4.69, 9.17) is 0 Å². The van der Waals surface area contributed by atoms with Crippen molar-refractivity contribution < 1.29 is 13.2 Å². The van der Waals surface area contributed by atoms with Crippen LogP contribution < -0.4 is 0 Å². The van der Waals surface area contributed by atoms with Gasteiger partial charge in [0.05, 0.1) is 0 Å². The van der Waals surface area contributed by atoms with E-state index in [0.29, 0.717) is 0 Å². The van der Waals surface area contributed by atoms with Crippen LogP contribution in [-0.2, 0) is 0 Å². The summed E-state index contributed by atoms with van der Waals surface area (Å²) in [6, 6.07) is 10.5. The van der Waals surface area contributed by atoms with Gasteiger partial charge in [-0.25, -0.2) is 0 Å². The lowest BCUT2D eigenvalue weighted by molar-refractivity contribution is 0.00819. The van der Waals surface area contributed by atoms with Crippen molar-refractivity contribution >= 4 is 21.4 Å². The molecule has 0 unspecified atom stereocenters. The Morgan fingerprint density at radius 3 is 2.23 bits per heavy atom. The van der Waals surface area contributed by atoms with Crippen molar-refractivity contribution in [1.82, 2.24) is 0 Å². The van der Waals surface area contributed by atoms with E-state index in [0.717, 1.165) is 0 Å². The molecule has 0 radical (unpaired) electrons. The van der Waals surface area contributed by atoms with Gasteiger partial charge in [0.15, 0.2) is 0 Å². The standard InChI is InChI=1S/C8H6S.CHF3/c1-2-4-8-7(3-1)5-6-9-8;2-1(3)4/h1-6H;1H. The van der Waals surface area contributed by atoms with Crippen molar-refractivity contribution in [3.63, 3.8) is 0 Å². The normalized spacial score (nSPS) is 9.85. The average Bonchev–Trinajstić information content (AvgIpc) is 2.49. The lowest BCUT2D eigenvalue weighted by atomic mass is 10.3. The van der Waals surface area contributed by atoms with Gasteiger partial charge < -0.3 is 0 Å². The highest BCUT2D eigenvalue weighted by Crippen LogP contribution is 2.18. The summed E-state index contributed by atoms with van der Waals surface area (Å²) in [5.74, 6) is 0. The Balaban J connectivity index is 0.000000184. The van der Waals surface area contributed by atoms with Gasteiger partial charge in [-0.1, -0.05) is 18.2 Å². The van der Waals surface area contributed by atoms with Crippen LogP contribution in [0.4, 0.5) is 13.2 Å². The van der Waals surface area contributed by atoms with Gasteiger partial charge >= 0.3 is 6.68 Å². The lowest BCUT2D eigenvalue weighted by Crippen LogP contribution is -1.65. The number of benzene rings is 1. The fourth-order valence-electron chi connectivity index (χ4n) is 0.906. The van der Waals surface area contributed by atoms with Gasteiger partial charge in [0.25, 0.3) is 0 Å². The summed E-state index contributed by atoms with van der Waals surface area (Å²) in [6.45, 7) is -3.67. The molecule has 0 aliphatic rings. The first kappa shape index (κ1) is 10.1. The summed E-state index contributed by atoms with van der Waals surface area (Å²) in [7, 11) is 0. The van der Waals surface area contributed by atoms with Crippen LogP contribution in [0.5, 0.6) is 0 Å². The summed E-state index contributed by atoms with van der Waals surface area (Å²) >= 11 is 1.79.